The molecule has 1 atom stereocenters. The van der Waals surface area contributed by atoms with Crippen molar-refractivity contribution in [1.82, 2.24) is 10.2 Å². The maximum atomic E-state index is 14.0. The lowest BCUT2D eigenvalue weighted by Crippen LogP contribution is -2.52. The van der Waals surface area contributed by atoms with Gasteiger partial charge in [-0.05, 0) is 74.4 Å². The molecule has 0 unspecified atom stereocenters. The molecular weight excluding hydrogens is 582 g/mol. The highest BCUT2D eigenvalue weighted by atomic mass is 79.9. The van der Waals surface area contributed by atoms with Crippen LogP contribution in [0, 0.1) is 6.92 Å². The molecule has 1 N–H and O–H groups in total. The summed E-state index contributed by atoms with van der Waals surface area (Å²) in [6.07, 6.45) is 0.352. The zero-order valence-corrected chi connectivity index (χ0v) is 25.0. The number of carbonyl (C=O) groups excluding carboxylic acids is 2. The monoisotopic (exact) mass is 615 g/mol. The zero-order chi connectivity index (χ0) is 28.6. The first-order chi connectivity index (χ1) is 18.6. The summed E-state index contributed by atoms with van der Waals surface area (Å²) in [5.41, 5.74) is 2.00. The van der Waals surface area contributed by atoms with Crippen LogP contribution < -0.4 is 14.4 Å². The van der Waals surface area contributed by atoms with E-state index in [4.69, 9.17) is 4.74 Å². The topological polar surface area (TPSA) is 96.0 Å². The third-order valence-corrected chi connectivity index (χ3v) is 8.54. The van der Waals surface area contributed by atoms with E-state index in [-0.39, 0.29) is 17.3 Å². The number of aryl methyl sites for hydroxylation is 1. The SMILES string of the molecule is CCNC(=O)[C@@H](CC)N(Cc1cccc(OC)c1)C(=O)CN(c1ccc(Br)cc1)S(=O)(=O)c1ccc(C)cc1. The maximum absolute atomic E-state index is 14.0. The first kappa shape index (κ1) is 30.2. The highest BCUT2D eigenvalue weighted by molar-refractivity contribution is 9.10. The molecule has 8 nitrogen and oxygen atoms in total. The van der Waals surface area contributed by atoms with Gasteiger partial charge in [-0.25, -0.2) is 8.42 Å². The normalized spacial score (nSPS) is 11.9. The minimum Gasteiger partial charge on any atom is -0.497 e. The fourth-order valence-electron chi connectivity index (χ4n) is 4.15. The van der Waals surface area contributed by atoms with Gasteiger partial charge in [0, 0.05) is 17.6 Å². The lowest BCUT2D eigenvalue weighted by Gasteiger charge is -2.33. The fourth-order valence-corrected chi connectivity index (χ4v) is 5.83. The second-order valence-corrected chi connectivity index (χ2v) is 11.8. The quantitative estimate of drug-likeness (QED) is 0.312. The summed E-state index contributed by atoms with van der Waals surface area (Å²) >= 11 is 3.38. The van der Waals surface area contributed by atoms with E-state index >= 15 is 0 Å². The lowest BCUT2D eigenvalue weighted by atomic mass is 10.1. The molecule has 3 aromatic rings. The number of ether oxygens (including phenoxy) is 1. The van der Waals surface area contributed by atoms with Crippen LogP contribution in [-0.4, -0.2) is 51.4 Å². The van der Waals surface area contributed by atoms with Crippen molar-refractivity contribution in [2.75, 3.05) is 24.5 Å². The van der Waals surface area contributed by atoms with Gasteiger partial charge >= 0.3 is 0 Å². The summed E-state index contributed by atoms with van der Waals surface area (Å²) < 4.78 is 34.9. The van der Waals surface area contributed by atoms with E-state index in [2.05, 4.69) is 21.2 Å². The summed E-state index contributed by atoms with van der Waals surface area (Å²) in [5, 5.41) is 2.80. The van der Waals surface area contributed by atoms with Crippen molar-refractivity contribution < 1.29 is 22.7 Å². The van der Waals surface area contributed by atoms with E-state index in [1.54, 1.807) is 61.7 Å². The highest BCUT2D eigenvalue weighted by Gasteiger charge is 2.33. The largest absolute Gasteiger partial charge is 0.497 e. The molecule has 0 aromatic heterocycles. The molecule has 3 aromatic carbocycles. The maximum Gasteiger partial charge on any atom is 0.264 e. The first-order valence-corrected chi connectivity index (χ1v) is 14.9. The fraction of sp³-hybridized carbons (Fsp3) is 0.310. The smallest absolute Gasteiger partial charge is 0.264 e. The lowest BCUT2D eigenvalue weighted by molar-refractivity contribution is -0.140. The van der Waals surface area contributed by atoms with Gasteiger partial charge in [0.15, 0.2) is 0 Å². The van der Waals surface area contributed by atoms with E-state index in [1.807, 2.05) is 26.8 Å². The Morgan fingerprint density at radius 3 is 2.26 bits per heavy atom. The third-order valence-electron chi connectivity index (χ3n) is 6.23. The number of hydrogen-bond donors (Lipinski definition) is 1. The molecule has 10 heteroatoms. The van der Waals surface area contributed by atoms with E-state index in [0.29, 0.717) is 24.4 Å². The van der Waals surface area contributed by atoms with Gasteiger partial charge in [-0.15, -0.1) is 0 Å². The zero-order valence-electron chi connectivity index (χ0n) is 22.6. The number of rotatable bonds is 12. The van der Waals surface area contributed by atoms with Crippen molar-refractivity contribution in [2.45, 2.75) is 44.7 Å². The van der Waals surface area contributed by atoms with Crippen LogP contribution in [0.2, 0.25) is 0 Å². The second kappa shape index (κ2) is 13.6. The molecule has 0 aliphatic heterocycles. The molecule has 208 valence electrons. The van der Waals surface area contributed by atoms with Crippen molar-refractivity contribution >= 4 is 43.5 Å². The number of methoxy groups -OCH3 is 1. The Hall–Kier alpha value is -3.37. The van der Waals surface area contributed by atoms with Crippen molar-refractivity contribution in [3.8, 4) is 5.75 Å². The van der Waals surface area contributed by atoms with Crippen LogP contribution in [0.5, 0.6) is 5.75 Å². The number of halogens is 1. The molecule has 0 bridgehead atoms. The van der Waals surface area contributed by atoms with Gasteiger partial charge in [0.05, 0.1) is 17.7 Å². The number of carbonyl (C=O) groups is 2. The van der Waals surface area contributed by atoms with Gasteiger partial charge in [0.1, 0.15) is 18.3 Å². The Labute approximate surface area is 239 Å². The van der Waals surface area contributed by atoms with Crippen molar-refractivity contribution in [1.29, 1.82) is 0 Å². The van der Waals surface area contributed by atoms with Gasteiger partial charge in [0.25, 0.3) is 10.0 Å². The van der Waals surface area contributed by atoms with E-state index in [1.165, 1.54) is 17.0 Å². The highest BCUT2D eigenvalue weighted by Crippen LogP contribution is 2.27. The molecular formula is C29H34BrN3O5S. The van der Waals surface area contributed by atoms with Gasteiger partial charge in [-0.2, -0.15) is 0 Å². The van der Waals surface area contributed by atoms with Gasteiger partial charge < -0.3 is 15.0 Å². The summed E-state index contributed by atoms with van der Waals surface area (Å²) in [6, 6.07) is 19.6. The Morgan fingerprint density at radius 2 is 1.67 bits per heavy atom. The predicted octanol–water partition coefficient (Wildman–Crippen LogP) is 4.90. The van der Waals surface area contributed by atoms with Crippen LogP contribution in [0.1, 0.15) is 31.4 Å². The van der Waals surface area contributed by atoms with Crippen LogP contribution in [0.25, 0.3) is 0 Å². The van der Waals surface area contributed by atoms with Crippen LogP contribution in [0.4, 0.5) is 5.69 Å². The van der Waals surface area contributed by atoms with Crippen LogP contribution in [0.3, 0.4) is 0 Å². The van der Waals surface area contributed by atoms with Crippen LogP contribution >= 0.6 is 15.9 Å². The molecule has 0 saturated carbocycles. The molecule has 39 heavy (non-hydrogen) atoms. The predicted molar refractivity (Wildman–Crippen MR) is 156 cm³/mol. The molecule has 0 aliphatic carbocycles. The number of benzene rings is 3. The van der Waals surface area contributed by atoms with Gasteiger partial charge in [0.2, 0.25) is 11.8 Å². The number of nitrogens with one attached hydrogen (secondary N) is 1. The van der Waals surface area contributed by atoms with Crippen molar-refractivity contribution in [3.05, 3.63) is 88.4 Å². The minimum absolute atomic E-state index is 0.0685. The number of anilines is 1. The number of likely N-dealkylation sites (N-methyl/N-ethyl adjacent to an activating group) is 1. The number of hydrogen-bond acceptors (Lipinski definition) is 5. The van der Waals surface area contributed by atoms with E-state index in [9.17, 15) is 18.0 Å². The average molecular weight is 617 g/mol. The summed E-state index contributed by atoms with van der Waals surface area (Å²) in [6.45, 7) is 5.52. The Kier molecular flexibility index (Phi) is 10.5. The van der Waals surface area contributed by atoms with Crippen LogP contribution in [0.15, 0.2) is 82.2 Å². The molecule has 0 heterocycles. The minimum atomic E-state index is -4.11. The summed E-state index contributed by atoms with van der Waals surface area (Å²) in [4.78, 5) is 28.5. The van der Waals surface area contributed by atoms with Crippen molar-refractivity contribution in [3.63, 3.8) is 0 Å². The molecule has 3 rings (SSSR count). The molecule has 0 saturated heterocycles. The number of nitrogens with zero attached hydrogens (tertiary/aromatic N) is 2. The number of amides is 2. The summed E-state index contributed by atoms with van der Waals surface area (Å²) in [7, 11) is -2.56. The molecule has 0 aliphatic rings. The summed E-state index contributed by atoms with van der Waals surface area (Å²) in [5.74, 6) is -0.188. The van der Waals surface area contributed by atoms with Crippen molar-refractivity contribution in [2.24, 2.45) is 0 Å². The molecule has 0 spiro atoms. The van der Waals surface area contributed by atoms with E-state index < -0.39 is 28.5 Å². The Morgan fingerprint density at radius 1 is 1.00 bits per heavy atom. The second-order valence-electron chi connectivity index (χ2n) is 8.99. The van der Waals surface area contributed by atoms with Crippen LogP contribution in [-0.2, 0) is 26.2 Å². The van der Waals surface area contributed by atoms with Gasteiger partial charge in [-0.3, -0.25) is 13.9 Å². The Balaban J connectivity index is 2.06. The standard InChI is InChI=1S/C29H34BrN3O5S/c1-5-27(29(35)31-6-2)32(19-22-8-7-9-25(18-22)38-4)28(34)20-33(24-14-12-23(30)13-15-24)39(36,37)26-16-10-21(3)11-17-26/h7-18,27H,5-6,19-20H2,1-4H3,(H,31,35)/t27-/m1/s1. The number of sulfonamides is 1. The van der Waals surface area contributed by atoms with E-state index in [0.717, 1.165) is 19.9 Å². The average Bonchev–Trinajstić information content (AvgIpc) is 2.92. The first-order valence-electron chi connectivity index (χ1n) is 12.7. The third kappa shape index (κ3) is 7.60. The molecule has 0 radical (unpaired) electrons. The molecule has 0 fully saturated rings. The molecule has 2 amide bonds. The van der Waals surface area contributed by atoms with Gasteiger partial charge in [-0.1, -0.05) is 52.7 Å². The Bertz CT molecular complexity index is 1380.